The predicted molar refractivity (Wildman–Crippen MR) is 117 cm³/mol. The van der Waals surface area contributed by atoms with Gasteiger partial charge in [0.2, 0.25) is 11.8 Å². The molecule has 1 aromatic rings. The predicted octanol–water partition coefficient (Wildman–Crippen LogP) is 1.81. The van der Waals surface area contributed by atoms with Gasteiger partial charge in [0.25, 0.3) is 0 Å². The van der Waals surface area contributed by atoms with Crippen LogP contribution in [0.15, 0.2) is 24.3 Å². The highest BCUT2D eigenvalue weighted by Gasteiger charge is 2.50. The number of nitrogens with zero attached hydrogens (tertiary/aromatic N) is 1. The second-order valence-corrected chi connectivity index (χ2v) is 10.1. The van der Waals surface area contributed by atoms with Crippen LogP contribution in [0.4, 0.5) is 0 Å². The van der Waals surface area contributed by atoms with E-state index in [1.807, 2.05) is 13.8 Å². The van der Waals surface area contributed by atoms with Crippen LogP contribution in [-0.2, 0) is 15.2 Å². The zero-order chi connectivity index (χ0) is 23.0. The second kappa shape index (κ2) is 9.06. The van der Waals surface area contributed by atoms with Crippen LogP contribution in [0.1, 0.15) is 52.0 Å². The molecule has 1 saturated heterocycles. The molecule has 1 unspecified atom stereocenters. The van der Waals surface area contributed by atoms with Crippen LogP contribution in [0.5, 0.6) is 0 Å². The summed E-state index contributed by atoms with van der Waals surface area (Å²) in [4.78, 5) is 27.4. The highest BCUT2D eigenvalue weighted by atomic mass is 35.5. The second-order valence-electron chi connectivity index (χ2n) is 9.65. The number of halogens is 1. The van der Waals surface area contributed by atoms with Gasteiger partial charge in [0.1, 0.15) is 6.04 Å². The average molecular weight is 453 g/mol. The maximum absolute atomic E-state index is 13.2. The summed E-state index contributed by atoms with van der Waals surface area (Å²) in [6, 6.07) is 6.01. The van der Waals surface area contributed by atoms with Gasteiger partial charge >= 0.3 is 0 Å². The van der Waals surface area contributed by atoms with E-state index in [0.29, 0.717) is 37.3 Å². The van der Waals surface area contributed by atoms with E-state index in [-0.39, 0.29) is 24.3 Å². The van der Waals surface area contributed by atoms with Gasteiger partial charge in [-0.25, -0.2) is 0 Å². The van der Waals surface area contributed by atoms with E-state index in [1.54, 1.807) is 29.2 Å². The van der Waals surface area contributed by atoms with Crippen LogP contribution >= 0.6 is 11.6 Å². The summed E-state index contributed by atoms with van der Waals surface area (Å²) in [5.74, 6) is -1.03. The third-order valence-corrected chi connectivity index (χ3v) is 7.16. The number of carbonyl (C=O) groups is 2. The molecule has 1 aliphatic heterocycles. The van der Waals surface area contributed by atoms with Gasteiger partial charge < -0.3 is 25.5 Å². The van der Waals surface area contributed by atoms with E-state index in [0.717, 1.165) is 5.56 Å². The number of amides is 2. The molecule has 2 amide bonds. The summed E-state index contributed by atoms with van der Waals surface area (Å²) in [6.45, 7) is 5.84. The molecule has 31 heavy (non-hydrogen) atoms. The minimum absolute atomic E-state index is 0.270. The molecule has 0 aromatic heterocycles. The number of likely N-dealkylation sites (tertiary alicyclic amines) is 1. The fraction of sp³-hybridized carbons (Fsp3) is 0.652. The van der Waals surface area contributed by atoms with Crippen molar-refractivity contribution in [3.63, 3.8) is 0 Å². The smallest absolute Gasteiger partial charge is 0.247 e. The van der Waals surface area contributed by atoms with Crippen molar-refractivity contribution in [1.82, 2.24) is 10.2 Å². The van der Waals surface area contributed by atoms with Crippen molar-refractivity contribution in [3.8, 4) is 0 Å². The number of carbonyl (C=O) groups excluding carboxylic acids is 2. The highest BCUT2D eigenvalue weighted by molar-refractivity contribution is 6.30. The molecule has 7 nitrogen and oxygen atoms in total. The van der Waals surface area contributed by atoms with Crippen LogP contribution in [0.3, 0.4) is 0 Å². The van der Waals surface area contributed by atoms with E-state index < -0.39 is 29.3 Å². The van der Waals surface area contributed by atoms with Crippen molar-refractivity contribution in [2.24, 2.45) is 11.3 Å². The number of hydrogen-bond acceptors (Lipinski definition) is 5. The van der Waals surface area contributed by atoms with Crippen molar-refractivity contribution in [1.29, 1.82) is 0 Å². The molecule has 0 spiro atoms. The van der Waals surface area contributed by atoms with Gasteiger partial charge in [0.05, 0.1) is 17.8 Å². The first-order valence-electron chi connectivity index (χ1n) is 10.9. The Balaban J connectivity index is 1.72. The van der Waals surface area contributed by atoms with Gasteiger partial charge in [0.15, 0.2) is 0 Å². The first-order chi connectivity index (χ1) is 14.4. The molecule has 0 radical (unpaired) electrons. The van der Waals surface area contributed by atoms with Gasteiger partial charge in [0, 0.05) is 29.4 Å². The molecule has 0 bridgehead atoms. The summed E-state index contributed by atoms with van der Waals surface area (Å²) in [5, 5.41) is 34.7. The van der Waals surface area contributed by atoms with E-state index in [9.17, 15) is 24.9 Å². The van der Waals surface area contributed by atoms with Crippen molar-refractivity contribution in [2.45, 2.75) is 70.3 Å². The normalized spacial score (nSPS) is 30.0. The van der Waals surface area contributed by atoms with E-state index in [2.05, 4.69) is 5.32 Å². The Labute approximate surface area is 188 Å². The van der Waals surface area contributed by atoms with Gasteiger partial charge in [-0.05, 0) is 50.3 Å². The Morgan fingerprint density at radius 1 is 1.23 bits per heavy atom. The quantitative estimate of drug-likeness (QED) is 0.544. The van der Waals surface area contributed by atoms with Crippen LogP contribution < -0.4 is 5.32 Å². The Morgan fingerprint density at radius 3 is 2.39 bits per heavy atom. The monoisotopic (exact) mass is 452 g/mol. The third kappa shape index (κ3) is 4.90. The molecular formula is C23H33ClN2O5. The topological polar surface area (TPSA) is 110 Å². The Hall–Kier alpha value is -1.67. The minimum atomic E-state index is -1.14. The maximum atomic E-state index is 13.2. The summed E-state index contributed by atoms with van der Waals surface area (Å²) in [5.41, 5.74) is -1.07. The molecule has 2 fully saturated rings. The van der Waals surface area contributed by atoms with Crippen LogP contribution in [0.25, 0.3) is 0 Å². The molecule has 8 heteroatoms. The molecular weight excluding hydrogens is 420 g/mol. The van der Waals surface area contributed by atoms with Gasteiger partial charge in [-0.15, -0.1) is 0 Å². The fourth-order valence-corrected chi connectivity index (χ4v) is 4.95. The third-order valence-electron chi connectivity index (χ3n) is 6.90. The molecule has 1 saturated carbocycles. The van der Waals surface area contributed by atoms with Crippen LogP contribution in [0.2, 0.25) is 5.02 Å². The van der Waals surface area contributed by atoms with Gasteiger partial charge in [-0.3, -0.25) is 9.59 Å². The number of piperidine rings is 1. The molecule has 1 aromatic carbocycles. The molecule has 172 valence electrons. The van der Waals surface area contributed by atoms with Gasteiger partial charge in [-0.1, -0.05) is 37.6 Å². The van der Waals surface area contributed by atoms with Crippen molar-refractivity contribution in [3.05, 3.63) is 34.9 Å². The first-order valence-corrected chi connectivity index (χ1v) is 11.3. The Kier molecular flexibility index (Phi) is 7.01. The molecule has 3 rings (SSSR count). The number of nitrogens with one attached hydrogen (secondary N) is 1. The Morgan fingerprint density at radius 2 is 1.87 bits per heavy atom. The number of rotatable bonds is 5. The van der Waals surface area contributed by atoms with Crippen LogP contribution in [0, 0.1) is 11.3 Å². The number of aliphatic hydroxyl groups excluding tert-OH is 2. The van der Waals surface area contributed by atoms with Crippen molar-refractivity contribution < 1.29 is 24.9 Å². The lowest BCUT2D eigenvalue weighted by atomic mass is 9.66. The number of aliphatic hydroxyl groups is 3. The molecule has 1 aliphatic carbocycles. The lowest BCUT2D eigenvalue weighted by molar-refractivity contribution is -0.158. The summed E-state index contributed by atoms with van der Waals surface area (Å²) in [7, 11) is 0. The van der Waals surface area contributed by atoms with E-state index >= 15 is 0 Å². The van der Waals surface area contributed by atoms with Crippen LogP contribution in [-0.4, -0.2) is 63.4 Å². The maximum Gasteiger partial charge on any atom is 0.247 e. The lowest BCUT2D eigenvalue weighted by Gasteiger charge is -2.51. The SMILES string of the molecule is CC(O)[C@@H](NC(=O)[C@H]1CC[C@@H](O)C1)C(=O)N1CC[C@](O)(c2ccc(Cl)cc2)C(C)(C)C1. The molecule has 1 heterocycles. The fourth-order valence-electron chi connectivity index (χ4n) is 4.82. The summed E-state index contributed by atoms with van der Waals surface area (Å²) < 4.78 is 0. The van der Waals surface area contributed by atoms with E-state index in [4.69, 9.17) is 11.6 Å². The largest absolute Gasteiger partial charge is 0.393 e. The zero-order valence-electron chi connectivity index (χ0n) is 18.3. The van der Waals surface area contributed by atoms with Crippen molar-refractivity contribution >= 4 is 23.4 Å². The standard InChI is InChI=1S/C23H33ClN2O5/c1-14(27)19(25-20(29)15-4-9-18(28)12-15)21(30)26-11-10-23(31,22(2,3)13-26)16-5-7-17(24)8-6-16/h5-8,14-15,18-19,27-28,31H,4,9-13H2,1-3H3,(H,25,29)/t14?,15-,18+,19+,23-/m0/s1. The number of benzene rings is 1. The zero-order valence-corrected chi connectivity index (χ0v) is 19.1. The van der Waals surface area contributed by atoms with E-state index in [1.165, 1.54) is 6.92 Å². The van der Waals surface area contributed by atoms with Gasteiger partial charge in [-0.2, -0.15) is 0 Å². The average Bonchev–Trinajstić information content (AvgIpc) is 3.14. The minimum Gasteiger partial charge on any atom is -0.393 e. The first kappa shape index (κ1) is 24.0. The molecule has 2 aliphatic rings. The van der Waals surface area contributed by atoms with Crippen molar-refractivity contribution in [2.75, 3.05) is 13.1 Å². The Bertz CT molecular complexity index is 813. The summed E-state index contributed by atoms with van der Waals surface area (Å²) in [6.07, 6.45) is 0.265. The summed E-state index contributed by atoms with van der Waals surface area (Å²) >= 11 is 5.99. The lowest BCUT2D eigenvalue weighted by Crippen LogP contribution is -2.61. The molecule has 5 atom stereocenters. The number of hydrogen-bond donors (Lipinski definition) is 4. The molecule has 4 N–H and O–H groups in total. The highest BCUT2D eigenvalue weighted by Crippen LogP contribution is 2.46.